The first-order valence-electron chi connectivity index (χ1n) is 7.23. The summed E-state index contributed by atoms with van der Waals surface area (Å²) in [7, 11) is 0. The summed E-state index contributed by atoms with van der Waals surface area (Å²) in [5.41, 5.74) is 5.88. The lowest BCUT2D eigenvalue weighted by Crippen LogP contribution is -2.48. The zero-order valence-corrected chi connectivity index (χ0v) is 12.0. The maximum atomic E-state index is 12.4. The van der Waals surface area contributed by atoms with Crippen molar-refractivity contribution >= 4 is 5.97 Å². The third-order valence-electron chi connectivity index (χ3n) is 3.74. The van der Waals surface area contributed by atoms with E-state index >= 15 is 0 Å². The van der Waals surface area contributed by atoms with E-state index in [0.29, 0.717) is 19.1 Å². The highest BCUT2D eigenvalue weighted by Crippen LogP contribution is 2.31. The maximum absolute atomic E-state index is 12.4. The molecule has 0 radical (unpaired) electrons. The SMILES string of the molecule is CCOC(=O)C(CN)(COCC1CC1)c1ccccc1. The molecule has 20 heavy (non-hydrogen) atoms. The average Bonchev–Trinajstić information content (AvgIpc) is 3.29. The number of carbonyl (C=O) groups excluding carboxylic acids is 1. The summed E-state index contributed by atoms with van der Waals surface area (Å²) in [5, 5.41) is 0. The third-order valence-corrected chi connectivity index (χ3v) is 3.74. The molecule has 0 aromatic heterocycles. The molecule has 1 aromatic carbocycles. The number of hydrogen-bond acceptors (Lipinski definition) is 4. The Labute approximate surface area is 120 Å². The fourth-order valence-corrected chi connectivity index (χ4v) is 2.23. The van der Waals surface area contributed by atoms with Gasteiger partial charge in [0, 0.05) is 13.2 Å². The molecular weight excluding hydrogens is 254 g/mol. The Morgan fingerprint density at radius 2 is 2.05 bits per heavy atom. The van der Waals surface area contributed by atoms with Gasteiger partial charge < -0.3 is 15.2 Å². The van der Waals surface area contributed by atoms with Gasteiger partial charge in [0.1, 0.15) is 5.41 Å². The lowest BCUT2D eigenvalue weighted by Gasteiger charge is -2.30. The number of benzene rings is 1. The normalized spacial score (nSPS) is 17.5. The predicted molar refractivity (Wildman–Crippen MR) is 77.4 cm³/mol. The van der Waals surface area contributed by atoms with Crippen molar-refractivity contribution in [2.75, 3.05) is 26.4 Å². The van der Waals surface area contributed by atoms with Crippen molar-refractivity contribution in [1.29, 1.82) is 0 Å². The molecule has 2 rings (SSSR count). The van der Waals surface area contributed by atoms with Crippen molar-refractivity contribution in [2.45, 2.75) is 25.2 Å². The van der Waals surface area contributed by atoms with Crippen LogP contribution in [0.2, 0.25) is 0 Å². The van der Waals surface area contributed by atoms with Crippen LogP contribution in [0.4, 0.5) is 0 Å². The van der Waals surface area contributed by atoms with Gasteiger partial charge in [0.05, 0.1) is 13.2 Å². The van der Waals surface area contributed by atoms with Crippen LogP contribution in [0, 0.1) is 5.92 Å². The van der Waals surface area contributed by atoms with Crippen molar-refractivity contribution in [3.63, 3.8) is 0 Å². The van der Waals surface area contributed by atoms with Gasteiger partial charge in [-0.3, -0.25) is 4.79 Å². The number of ether oxygens (including phenoxy) is 2. The Kier molecular flexibility index (Phi) is 5.15. The standard InChI is InChI=1S/C16H23NO3/c1-2-20-15(18)16(11-17,12-19-10-13-8-9-13)14-6-4-3-5-7-14/h3-7,13H,2,8-12,17H2,1H3. The molecule has 0 spiro atoms. The van der Waals surface area contributed by atoms with Crippen LogP contribution in [0.15, 0.2) is 30.3 Å². The fraction of sp³-hybridized carbons (Fsp3) is 0.562. The number of nitrogens with two attached hydrogens (primary N) is 1. The molecule has 1 aliphatic rings. The van der Waals surface area contributed by atoms with Gasteiger partial charge in [-0.25, -0.2) is 0 Å². The zero-order chi connectivity index (χ0) is 14.4. The first kappa shape index (κ1) is 15.0. The summed E-state index contributed by atoms with van der Waals surface area (Å²) in [4.78, 5) is 12.4. The van der Waals surface area contributed by atoms with E-state index in [0.717, 1.165) is 5.56 Å². The fourth-order valence-electron chi connectivity index (χ4n) is 2.23. The van der Waals surface area contributed by atoms with Gasteiger partial charge in [-0.2, -0.15) is 0 Å². The largest absolute Gasteiger partial charge is 0.465 e. The Balaban J connectivity index is 2.16. The van der Waals surface area contributed by atoms with Crippen molar-refractivity contribution in [3.8, 4) is 0 Å². The predicted octanol–water partition coefficient (Wildman–Crippen LogP) is 1.87. The topological polar surface area (TPSA) is 61.5 Å². The van der Waals surface area contributed by atoms with E-state index in [-0.39, 0.29) is 19.1 Å². The molecule has 1 atom stereocenters. The Morgan fingerprint density at radius 1 is 1.35 bits per heavy atom. The van der Waals surface area contributed by atoms with Crippen LogP contribution >= 0.6 is 0 Å². The minimum absolute atomic E-state index is 0.181. The monoisotopic (exact) mass is 277 g/mol. The van der Waals surface area contributed by atoms with Gasteiger partial charge in [-0.15, -0.1) is 0 Å². The first-order chi connectivity index (χ1) is 9.73. The highest BCUT2D eigenvalue weighted by Gasteiger charge is 2.41. The molecule has 0 bridgehead atoms. The smallest absolute Gasteiger partial charge is 0.320 e. The van der Waals surface area contributed by atoms with Crippen LogP contribution in [0.5, 0.6) is 0 Å². The average molecular weight is 277 g/mol. The molecule has 1 aromatic rings. The van der Waals surface area contributed by atoms with Crippen LogP contribution < -0.4 is 5.73 Å². The molecule has 0 aliphatic heterocycles. The molecule has 1 unspecified atom stereocenters. The quantitative estimate of drug-likeness (QED) is 0.737. The second-order valence-corrected chi connectivity index (χ2v) is 5.33. The minimum atomic E-state index is -0.897. The maximum Gasteiger partial charge on any atom is 0.320 e. The number of carbonyl (C=O) groups is 1. The highest BCUT2D eigenvalue weighted by atomic mass is 16.5. The first-order valence-corrected chi connectivity index (χ1v) is 7.23. The van der Waals surface area contributed by atoms with Crippen LogP contribution in [0.3, 0.4) is 0 Å². The van der Waals surface area contributed by atoms with Gasteiger partial charge in [0.2, 0.25) is 0 Å². The molecule has 4 heteroatoms. The Hall–Kier alpha value is -1.39. The van der Waals surface area contributed by atoms with E-state index in [1.54, 1.807) is 6.92 Å². The van der Waals surface area contributed by atoms with Gasteiger partial charge in [-0.1, -0.05) is 30.3 Å². The van der Waals surface area contributed by atoms with Crippen LogP contribution in [0.25, 0.3) is 0 Å². The zero-order valence-electron chi connectivity index (χ0n) is 12.0. The van der Waals surface area contributed by atoms with E-state index in [1.165, 1.54) is 12.8 Å². The molecule has 110 valence electrons. The van der Waals surface area contributed by atoms with Crippen molar-refractivity contribution < 1.29 is 14.3 Å². The number of hydrogen-bond donors (Lipinski definition) is 1. The third kappa shape index (κ3) is 3.38. The number of rotatable bonds is 8. The van der Waals surface area contributed by atoms with Gasteiger partial charge in [-0.05, 0) is 31.2 Å². The van der Waals surface area contributed by atoms with Crippen LogP contribution in [0.1, 0.15) is 25.3 Å². The molecule has 4 nitrogen and oxygen atoms in total. The van der Waals surface area contributed by atoms with E-state index in [4.69, 9.17) is 15.2 Å². The van der Waals surface area contributed by atoms with E-state index < -0.39 is 5.41 Å². The van der Waals surface area contributed by atoms with Crippen LogP contribution in [-0.2, 0) is 19.7 Å². The Morgan fingerprint density at radius 3 is 2.60 bits per heavy atom. The van der Waals surface area contributed by atoms with Gasteiger partial charge in [0.15, 0.2) is 0 Å². The second-order valence-electron chi connectivity index (χ2n) is 5.33. The van der Waals surface area contributed by atoms with E-state index in [1.807, 2.05) is 30.3 Å². The summed E-state index contributed by atoms with van der Waals surface area (Å²) in [5.74, 6) is 0.355. The lowest BCUT2D eigenvalue weighted by atomic mass is 9.81. The number of esters is 1. The summed E-state index contributed by atoms with van der Waals surface area (Å²) < 4.78 is 11.0. The molecular formula is C16H23NO3. The van der Waals surface area contributed by atoms with Crippen LogP contribution in [-0.4, -0.2) is 32.3 Å². The summed E-state index contributed by atoms with van der Waals surface area (Å²) >= 11 is 0. The molecule has 2 N–H and O–H groups in total. The summed E-state index contributed by atoms with van der Waals surface area (Å²) in [6.07, 6.45) is 2.45. The summed E-state index contributed by atoms with van der Waals surface area (Å²) in [6.45, 7) is 3.31. The highest BCUT2D eigenvalue weighted by molar-refractivity contribution is 5.83. The minimum Gasteiger partial charge on any atom is -0.465 e. The van der Waals surface area contributed by atoms with Crippen molar-refractivity contribution in [2.24, 2.45) is 11.7 Å². The molecule has 1 aliphatic carbocycles. The van der Waals surface area contributed by atoms with Gasteiger partial charge in [0.25, 0.3) is 0 Å². The summed E-state index contributed by atoms with van der Waals surface area (Å²) in [6, 6.07) is 9.54. The second kappa shape index (κ2) is 6.86. The molecule has 0 heterocycles. The van der Waals surface area contributed by atoms with Crippen molar-refractivity contribution in [1.82, 2.24) is 0 Å². The van der Waals surface area contributed by atoms with Gasteiger partial charge >= 0.3 is 5.97 Å². The van der Waals surface area contributed by atoms with Crippen molar-refractivity contribution in [3.05, 3.63) is 35.9 Å². The molecule has 0 saturated heterocycles. The Bertz CT molecular complexity index is 431. The lowest BCUT2D eigenvalue weighted by molar-refractivity contribution is -0.152. The molecule has 0 amide bonds. The molecule has 1 fully saturated rings. The molecule has 1 saturated carbocycles. The van der Waals surface area contributed by atoms with E-state index in [2.05, 4.69) is 0 Å². The van der Waals surface area contributed by atoms with E-state index in [9.17, 15) is 4.79 Å².